The van der Waals surface area contributed by atoms with E-state index in [0.717, 1.165) is 12.0 Å². The first kappa shape index (κ1) is 40.8. The van der Waals surface area contributed by atoms with Crippen molar-refractivity contribution in [2.45, 2.75) is 147 Å². The molecule has 2 heterocycles. The number of nitrogens with zero attached hydrogens (tertiary/aromatic N) is 1. The van der Waals surface area contributed by atoms with Crippen molar-refractivity contribution in [1.82, 2.24) is 10.2 Å². The summed E-state index contributed by atoms with van der Waals surface area (Å²) in [4.78, 5) is 66.5. The second kappa shape index (κ2) is 15.4. The maximum Gasteiger partial charge on any atom is 0.514 e. The van der Waals surface area contributed by atoms with Gasteiger partial charge in [0.2, 0.25) is 0 Å². The number of carbonyl (C=O) groups excluding carboxylic acids is 5. The number of unbranched alkanes of at least 4 members (excludes halogenated alkanes) is 1. The lowest BCUT2D eigenvalue weighted by atomic mass is 9.50. The minimum Gasteiger partial charge on any atom is -0.477 e. The number of piperidine rings is 1. The lowest BCUT2D eigenvalue weighted by molar-refractivity contribution is -0.175. The van der Waals surface area contributed by atoms with Crippen LogP contribution in [0.4, 0.5) is 9.59 Å². The Hall–Kier alpha value is -4.37. The Balaban J connectivity index is 1.30. The second-order valence-electron chi connectivity index (χ2n) is 16.5. The summed E-state index contributed by atoms with van der Waals surface area (Å²) in [7, 11) is 1.96. The zero-order chi connectivity index (χ0) is 39.8. The number of likely N-dealkylation sites (N-methyl/N-ethyl adjacent to an activating group) is 1. The molecule has 1 amide bonds. The van der Waals surface area contributed by atoms with Crippen molar-refractivity contribution in [3.05, 3.63) is 35.1 Å². The number of aliphatic hydroxyl groups is 1. The SMILES string of the molecule is CCCCOC(=O)[C@H](CCC(=O)O[C@@H](C)C(=O)OC1=CC[C@@]2(O)[C@H]3Cc4ccc(OC(=O)OC(C)(C)C)c5c4[C@@]2(CCN3C)[C@H]1O5)NC(=O)OC(C)(C)C. The number of ether oxygens (including phenoxy) is 7. The van der Waals surface area contributed by atoms with Gasteiger partial charge in [0.1, 0.15) is 23.0 Å². The number of hydrogen-bond donors (Lipinski definition) is 2. The molecule has 1 aromatic carbocycles. The topological polar surface area (TPSA) is 185 Å². The molecule has 1 aromatic rings. The lowest BCUT2D eigenvalue weighted by Crippen LogP contribution is -2.74. The van der Waals surface area contributed by atoms with Gasteiger partial charge in [0.25, 0.3) is 0 Å². The van der Waals surface area contributed by atoms with Crippen LogP contribution in [0.2, 0.25) is 0 Å². The van der Waals surface area contributed by atoms with E-state index in [2.05, 4.69) is 10.2 Å². The maximum atomic E-state index is 13.5. The smallest absolute Gasteiger partial charge is 0.477 e. The van der Waals surface area contributed by atoms with Crippen molar-refractivity contribution in [3.8, 4) is 11.5 Å². The van der Waals surface area contributed by atoms with Crippen LogP contribution in [0.5, 0.6) is 11.5 Å². The van der Waals surface area contributed by atoms with Gasteiger partial charge >= 0.3 is 30.2 Å². The summed E-state index contributed by atoms with van der Waals surface area (Å²) in [5, 5.41) is 15.0. The van der Waals surface area contributed by atoms with E-state index in [1.807, 2.05) is 20.0 Å². The summed E-state index contributed by atoms with van der Waals surface area (Å²) in [6.45, 7) is 14.3. The Kier molecular flexibility index (Phi) is 11.6. The summed E-state index contributed by atoms with van der Waals surface area (Å²) >= 11 is 0. The summed E-state index contributed by atoms with van der Waals surface area (Å²) in [6.07, 6.45) is -0.425. The second-order valence-corrected chi connectivity index (χ2v) is 16.5. The molecule has 0 saturated carbocycles. The number of likely N-dealkylation sites (tertiary alicyclic amines) is 1. The first-order valence-electron chi connectivity index (χ1n) is 18.6. The van der Waals surface area contributed by atoms with Gasteiger partial charge in [0, 0.05) is 24.4 Å². The van der Waals surface area contributed by atoms with E-state index in [-0.39, 0.29) is 49.2 Å². The molecular weight excluding hydrogens is 704 g/mol. The molecule has 15 heteroatoms. The fourth-order valence-corrected chi connectivity index (χ4v) is 7.75. The molecule has 1 saturated heterocycles. The Labute approximate surface area is 315 Å². The van der Waals surface area contributed by atoms with Gasteiger partial charge in [-0.25, -0.2) is 19.2 Å². The van der Waals surface area contributed by atoms with E-state index in [0.29, 0.717) is 31.4 Å². The third-order valence-corrected chi connectivity index (χ3v) is 10.1. The number of carbonyl (C=O) groups is 5. The van der Waals surface area contributed by atoms with Crippen molar-refractivity contribution in [2.75, 3.05) is 20.2 Å². The van der Waals surface area contributed by atoms with Gasteiger partial charge < -0.3 is 48.5 Å². The van der Waals surface area contributed by atoms with Crippen molar-refractivity contribution >= 4 is 30.2 Å². The van der Waals surface area contributed by atoms with Gasteiger partial charge in [0.05, 0.1) is 17.6 Å². The normalized spacial score (nSPS) is 25.1. The monoisotopic (exact) mass is 758 g/mol. The van der Waals surface area contributed by atoms with Crippen LogP contribution in [-0.4, -0.2) is 101 Å². The van der Waals surface area contributed by atoms with Gasteiger partial charge in [0.15, 0.2) is 23.7 Å². The van der Waals surface area contributed by atoms with Crippen LogP contribution in [0, 0.1) is 0 Å². The van der Waals surface area contributed by atoms with Crippen LogP contribution in [0.15, 0.2) is 24.0 Å². The largest absolute Gasteiger partial charge is 0.514 e. The van der Waals surface area contributed by atoms with Crippen LogP contribution < -0.4 is 14.8 Å². The van der Waals surface area contributed by atoms with E-state index in [1.54, 1.807) is 53.7 Å². The Morgan fingerprint density at radius 3 is 2.41 bits per heavy atom. The molecule has 1 fully saturated rings. The van der Waals surface area contributed by atoms with Crippen LogP contribution in [0.3, 0.4) is 0 Å². The molecule has 2 bridgehead atoms. The van der Waals surface area contributed by atoms with Gasteiger partial charge in [-0.15, -0.1) is 0 Å². The average molecular weight is 759 g/mol. The number of amides is 1. The van der Waals surface area contributed by atoms with Crippen molar-refractivity contribution in [2.24, 2.45) is 0 Å². The molecule has 0 aromatic heterocycles. The fourth-order valence-electron chi connectivity index (χ4n) is 7.75. The fraction of sp³-hybridized carbons (Fsp3) is 0.667. The highest BCUT2D eigenvalue weighted by Crippen LogP contribution is 2.65. The van der Waals surface area contributed by atoms with Gasteiger partial charge in [-0.1, -0.05) is 19.4 Å². The highest BCUT2D eigenvalue weighted by atomic mass is 16.7. The summed E-state index contributed by atoms with van der Waals surface area (Å²) in [5.74, 6) is -1.89. The Bertz CT molecular complexity index is 1680. The summed E-state index contributed by atoms with van der Waals surface area (Å²) in [6, 6.07) is 2.05. The predicted octanol–water partition coefficient (Wildman–Crippen LogP) is 4.77. The van der Waals surface area contributed by atoms with Crippen molar-refractivity contribution in [3.63, 3.8) is 0 Å². The van der Waals surface area contributed by atoms with E-state index < -0.39 is 70.6 Å². The van der Waals surface area contributed by atoms with Crippen molar-refractivity contribution in [1.29, 1.82) is 0 Å². The van der Waals surface area contributed by atoms with E-state index in [1.165, 1.54) is 6.92 Å². The zero-order valence-corrected chi connectivity index (χ0v) is 32.7. The molecule has 2 N–H and O–H groups in total. The first-order valence-corrected chi connectivity index (χ1v) is 18.6. The van der Waals surface area contributed by atoms with E-state index in [4.69, 9.17) is 33.2 Å². The van der Waals surface area contributed by atoms with Crippen LogP contribution in [0.25, 0.3) is 0 Å². The number of hydrogen-bond acceptors (Lipinski definition) is 14. The molecule has 4 aliphatic rings. The summed E-state index contributed by atoms with van der Waals surface area (Å²) < 4.78 is 39.4. The van der Waals surface area contributed by atoms with Gasteiger partial charge in [-0.05, 0) is 105 Å². The van der Waals surface area contributed by atoms with Gasteiger partial charge in [-0.2, -0.15) is 0 Å². The number of nitrogens with one attached hydrogen (secondary N) is 1. The molecule has 298 valence electrons. The van der Waals surface area contributed by atoms with Crippen LogP contribution >= 0.6 is 0 Å². The first-order chi connectivity index (χ1) is 25.2. The van der Waals surface area contributed by atoms with Crippen molar-refractivity contribution < 1.29 is 62.2 Å². The highest BCUT2D eigenvalue weighted by molar-refractivity contribution is 5.83. The lowest BCUT2D eigenvalue weighted by Gasteiger charge is -2.61. The standard InChI is InChI=1S/C39H54N2O13/c1-10-11-20-48-33(44)24(40-34(45)53-36(3,4)5)13-15-28(42)49-22(2)32(43)50-26-16-17-39(47)27-21-23-12-14-25(51-35(46)54-37(6,7)8)30-29(23)38(39,31(26)52-30)18-19-41(27)9/h12,14,16,22,24,27,31,47H,10-11,13,15,17-21H2,1-9H3,(H,40,45)/t22-,24-,27+,31-,38-,39+/m0/s1. The number of rotatable bonds is 12. The maximum absolute atomic E-state index is 13.5. The molecule has 6 atom stereocenters. The predicted molar refractivity (Wildman–Crippen MR) is 192 cm³/mol. The zero-order valence-electron chi connectivity index (χ0n) is 32.7. The third-order valence-electron chi connectivity index (χ3n) is 10.1. The number of benzene rings is 1. The van der Waals surface area contributed by atoms with Crippen LogP contribution in [-0.2, 0) is 49.9 Å². The molecule has 5 rings (SSSR count). The third kappa shape index (κ3) is 8.31. The molecule has 2 aliphatic heterocycles. The quantitative estimate of drug-likeness (QED) is 0.129. The number of esters is 3. The number of alkyl carbamates (subject to hydrolysis) is 1. The molecule has 1 spiro atoms. The minimum atomic E-state index is -1.37. The molecule has 15 nitrogen and oxygen atoms in total. The van der Waals surface area contributed by atoms with Crippen LogP contribution in [0.1, 0.15) is 105 Å². The Morgan fingerprint density at radius 1 is 1.04 bits per heavy atom. The van der Waals surface area contributed by atoms with E-state index >= 15 is 0 Å². The molecular formula is C39H54N2O13. The average Bonchev–Trinajstić information content (AvgIpc) is 3.41. The summed E-state index contributed by atoms with van der Waals surface area (Å²) in [5.41, 5.74) is -2.32. The molecule has 0 radical (unpaired) electrons. The Morgan fingerprint density at radius 2 is 1.74 bits per heavy atom. The van der Waals surface area contributed by atoms with Gasteiger partial charge in [-0.3, -0.25) is 4.79 Å². The molecule has 0 unspecified atom stereocenters. The van der Waals surface area contributed by atoms with E-state index in [9.17, 15) is 29.1 Å². The highest BCUT2D eigenvalue weighted by Gasteiger charge is 2.72. The molecule has 54 heavy (non-hydrogen) atoms. The minimum absolute atomic E-state index is 0.119. The molecule has 2 aliphatic carbocycles.